The van der Waals surface area contributed by atoms with Crippen molar-refractivity contribution < 1.29 is 0 Å². The minimum absolute atomic E-state index is 0.691. The van der Waals surface area contributed by atoms with Gasteiger partial charge < -0.3 is 4.90 Å². The van der Waals surface area contributed by atoms with E-state index in [1.165, 1.54) is 6.42 Å². The third kappa shape index (κ3) is 2.58. The van der Waals surface area contributed by atoms with Gasteiger partial charge in [-0.05, 0) is 37.3 Å². The first kappa shape index (κ1) is 11.9. The third-order valence-corrected chi connectivity index (χ3v) is 3.73. The number of piperidine rings is 1. The van der Waals surface area contributed by atoms with E-state index in [2.05, 4.69) is 29.8 Å². The first-order chi connectivity index (χ1) is 8.10. The second-order valence-electron chi connectivity index (χ2n) is 5.16. The van der Waals surface area contributed by atoms with Crippen LogP contribution in [0.3, 0.4) is 0 Å². The van der Waals surface area contributed by atoms with E-state index >= 15 is 0 Å². The first-order valence-electron chi connectivity index (χ1n) is 6.24. The molecule has 2 atom stereocenters. The standard InChI is InChI=1S/C14H19N3/c1-10-4-5-17(9-11(10)2)14-7-13(8-15)6-12(3)16-14/h6-7,10-11H,4-5,9H2,1-3H3. The minimum atomic E-state index is 0.691. The van der Waals surface area contributed by atoms with Crippen LogP contribution in [-0.2, 0) is 0 Å². The summed E-state index contributed by atoms with van der Waals surface area (Å²) >= 11 is 0. The summed E-state index contributed by atoms with van der Waals surface area (Å²) in [5.41, 5.74) is 1.63. The molecule has 90 valence electrons. The number of nitriles is 1. The first-order valence-corrected chi connectivity index (χ1v) is 6.24. The highest BCUT2D eigenvalue weighted by Gasteiger charge is 2.23. The van der Waals surface area contributed by atoms with Gasteiger partial charge in [0, 0.05) is 18.8 Å². The molecule has 0 aliphatic carbocycles. The summed E-state index contributed by atoms with van der Waals surface area (Å²) in [7, 11) is 0. The van der Waals surface area contributed by atoms with Crippen LogP contribution in [0.2, 0.25) is 0 Å². The Balaban J connectivity index is 2.23. The van der Waals surface area contributed by atoms with E-state index in [1.54, 1.807) is 0 Å². The fourth-order valence-corrected chi connectivity index (χ4v) is 2.35. The van der Waals surface area contributed by atoms with Crippen LogP contribution in [0.5, 0.6) is 0 Å². The van der Waals surface area contributed by atoms with E-state index in [9.17, 15) is 0 Å². The Morgan fingerprint density at radius 3 is 2.76 bits per heavy atom. The number of anilines is 1. The summed E-state index contributed by atoms with van der Waals surface area (Å²) in [6, 6.07) is 5.93. The average molecular weight is 229 g/mol. The van der Waals surface area contributed by atoms with Gasteiger partial charge in [0.25, 0.3) is 0 Å². The van der Waals surface area contributed by atoms with Crippen LogP contribution >= 0.6 is 0 Å². The Kier molecular flexibility index (Phi) is 3.33. The molecular formula is C14H19N3. The van der Waals surface area contributed by atoms with Crippen molar-refractivity contribution in [1.29, 1.82) is 5.26 Å². The number of hydrogen-bond acceptors (Lipinski definition) is 3. The molecule has 1 saturated heterocycles. The number of nitrogens with zero attached hydrogens (tertiary/aromatic N) is 3. The third-order valence-electron chi connectivity index (χ3n) is 3.73. The Hall–Kier alpha value is -1.56. The van der Waals surface area contributed by atoms with Crippen LogP contribution in [0.1, 0.15) is 31.5 Å². The van der Waals surface area contributed by atoms with E-state index in [0.717, 1.165) is 30.5 Å². The molecule has 1 aliphatic rings. The summed E-state index contributed by atoms with van der Waals surface area (Å²) in [4.78, 5) is 6.84. The molecule has 0 spiro atoms. The number of rotatable bonds is 1. The van der Waals surface area contributed by atoms with Gasteiger partial charge >= 0.3 is 0 Å². The van der Waals surface area contributed by atoms with E-state index in [0.29, 0.717) is 11.5 Å². The van der Waals surface area contributed by atoms with Crippen molar-refractivity contribution in [2.45, 2.75) is 27.2 Å². The highest BCUT2D eigenvalue weighted by Crippen LogP contribution is 2.26. The molecule has 3 nitrogen and oxygen atoms in total. The summed E-state index contributed by atoms with van der Waals surface area (Å²) in [5, 5.41) is 8.98. The van der Waals surface area contributed by atoms with Crippen molar-refractivity contribution in [2.75, 3.05) is 18.0 Å². The number of hydrogen-bond donors (Lipinski definition) is 0. The summed E-state index contributed by atoms with van der Waals surface area (Å²) in [6.07, 6.45) is 1.21. The fraction of sp³-hybridized carbons (Fsp3) is 0.571. The maximum absolute atomic E-state index is 8.98. The number of aromatic nitrogens is 1. The van der Waals surface area contributed by atoms with Crippen LogP contribution in [0.4, 0.5) is 5.82 Å². The molecule has 0 amide bonds. The molecule has 1 aliphatic heterocycles. The van der Waals surface area contributed by atoms with Gasteiger partial charge in [-0.15, -0.1) is 0 Å². The molecule has 1 aromatic rings. The lowest BCUT2D eigenvalue weighted by Gasteiger charge is -2.36. The molecule has 0 N–H and O–H groups in total. The topological polar surface area (TPSA) is 39.9 Å². The molecule has 0 bridgehead atoms. The van der Waals surface area contributed by atoms with Gasteiger partial charge in [0.15, 0.2) is 0 Å². The Morgan fingerprint density at radius 2 is 2.12 bits per heavy atom. The second-order valence-corrected chi connectivity index (χ2v) is 5.16. The highest BCUT2D eigenvalue weighted by molar-refractivity contribution is 5.47. The van der Waals surface area contributed by atoms with Gasteiger partial charge in [-0.25, -0.2) is 4.98 Å². The van der Waals surface area contributed by atoms with E-state index < -0.39 is 0 Å². The van der Waals surface area contributed by atoms with Gasteiger partial charge in [0.2, 0.25) is 0 Å². The summed E-state index contributed by atoms with van der Waals surface area (Å²) in [6.45, 7) is 8.64. The van der Waals surface area contributed by atoms with Crippen molar-refractivity contribution >= 4 is 5.82 Å². The molecule has 1 fully saturated rings. The van der Waals surface area contributed by atoms with Crippen molar-refractivity contribution in [3.05, 3.63) is 23.4 Å². The molecule has 0 radical (unpaired) electrons. The number of pyridine rings is 1. The second kappa shape index (κ2) is 4.75. The van der Waals surface area contributed by atoms with Crippen molar-refractivity contribution in [2.24, 2.45) is 11.8 Å². The Labute approximate surface area is 103 Å². The zero-order valence-corrected chi connectivity index (χ0v) is 10.8. The van der Waals surface area contributed by atoms with Gasteiger partial charge in [-0.1, -0.05) is 13.8 Å². The fourth-order valence-electron chi connectivity index (χ4n) is 2.35. The Morgan fingerprint density at radius 1 is 1.35 bits per heavy atom. The lowest BCUT2D eigenvalue weighted by atomic mass is 9.89. The summed E-state index contributed by atoms with van der Waals surface area (Å²) in [5.74, 6) is 2.43. The van der Waals surface area contributed by atoms with Gasteiger partial charge in [-0.2, -0.15) is 5.26 Å². The average Bonchev–Trinajstić information content (AvgIpc) is 2.32. The Bertz CT molecular complexity index is 447. The molecular weight excluding hydrogens is 210 g/mol. The van der Waals surface area contributed by atoms with Gasteiger partial charge in [0.1, 0.15) is 5.82 Å². The van der Waals surface area contributed by atoms with E-state index in [1.807, 2.05) is 19.1 Å². The predicted octanol–water partition coefficient (Wildman–Crippen LogP) is 2.74. The van der Waals surface area contributed by atoms with E-state index in [-0.39, 0.29) is 0 Å². The summed E-state index contributed by atoms with van der Waals surface area (Å²) < 4.78 is 0. The maximum atomic E-state index is 8.98. The zero-order valence-electron chi connectivity index (χ0n) is 10.8. The molecule has 3 heteroatoms. The molecule has 2 heterocycles. The van der Waals surface area contributed by atoms with Crippen LogP contribution in [0.25, 0.3) is 0 Å². The van der Waals surface area contributed by atoms with Crippen molar-refractivity contribution in [3.8, 4) is 6.07 Å². The smallest absolute Gasteiger partial charge is 0.130 e. The lowest BCUT2D eigenvalue weighted by molar-refractivity contribution is 0.323. The predicted molar refractivity (Wildman–Crippen MR) is 68.8 cm³/mol. The van der Waals surface area contributed by atoms with Crippen molar-refractivity contribution in [1.82, 2.24) is 4.98 Å². The maximum Gasteiger partial charge on any atom is 0.130 e. The molecule has 2 rings (SSSR count). The molecule has 2 unspecified atom stereocenters. The van der Waals surface area contributed by atoms with Crippen LogP contribution < -0.4 is 4.90 Å². The quantitative estimate of drug-likeness (QED) is 0.743. The van der Waals surface area contributed by atoms with Crippen LogP contribution in [0, 0.1) is 30.1 Å². The minimum Gasteiger partial charge on any atom is -0.356 e. The molecule has 0 saturated carbocycles. The molecule has 1 aromatic heterocycles. The SMILES string of the molecule is Cc1cc(C#N)cc(N2CCC(C)C(C)C2)n1. The molecule has 17 heavy (non-hydrogen) atoms. The van der Waals surface area contributed by atoms with Crippen LogP contribution in [0.15, 0.2) is 12.1 Å². The largest absolute Gasteiger partial charge is 0.356 e. The van der Waals surface area contributed by atoms with Gasteiger partial charge in [-0.3, -0.25) is 0 Å². The molecule has 0 aromatic carbocycles. The normalized spacial score (nSPS) is 24.5. The highest BCUT2D eigenvalue weighted by atomic mass is 15.2. The number of aryl methyl sites for hydroxylation is 1. The lowest BCUT2D eigenvalue weighted by Crippen LogP contribution is -2.38. The van der Waals surface area contributed by atoms with Crippen molar-refractivity contribution in [3.63, 3.8) is 0 Å². The van der Waals surface area contributed by atoms with E-state index in [4.69, 9.17) is 5.26 Å². The monoisotopic (exact) mass is 229 g/mol. The van der Waals surface area contributed by atoms with Crippen LogP contribution in [-0.4, -0.2) is 18.1 Å². The zero-order chi connectivity index (χ0) is 12.4. The van der Waals surface area contributed by atoms with Gasteiger partial charge in [0.05, 0.1) is 11.6 Å².